The van der Waals surface area contributed by atoms with E-state index in [0.717, 1.165) is 0 Å². The van der Waals surface area contributed by atoms with Crippen LogP contribution >= 0.6 is 0 Å². The highest BCUT2D eigenvalue weighted by molar-refractivity contribution is 6.22. The lowest BCUT2D eigenvalue weighted by Gasteiger charge is -2.19. The van der Waals surface area contributed by atoms with Gasteiger partial charge < -0.3 is 0 Å². The number of hydrogen-bond donors (Lipinski definition) is 0. The Kier molecular flexibility index (Phi) is 8.26. The summed E-state index contributed by atoms with van der Waals surface area (Å²) < 4.78 is 0. The van der Waals surface area contributed by atoms with Gasteiger partial charge in [-0.15, -0.1) is 0 Å². The number of fused-ring (bicyclic) bond motifs is 4. The van der Waals surface area contributed by atoms with Gasteiger partial charge in [-0.1, -0.05) is 194 Å². The Morgan fingerprint density at radius 1 is 0.172 bits per heavy atom. The lowest BCUT2D eigenvalue weighted by Crippen LogP contribution is -1.92. The fourth-order valence-electron chi connectivity index (χ4n) is 9.04. The maximum Gasteiger partial charge on any atom is -0.00259 e. The summed E-state index contributed by atoms with van der Waals surface area (Å²) in [4.78, 5) is 0. The van der Waals surface area contributed by atoms with E-state index in [0.29, 0.717) is 0 Å². The predicted molar refractivity (Wildman–Crippen MR) is 249 cm³/mol. The average molecular weight is 735 g/mol. The van der Waals surface area contributed by atoms with Crippen LogP contribution in [0.1, 0.15) is 0 Å². The molecule has 0 bridgehead atoms. The fraction of sp³-hybridized carbons (Fsp3) is 0. The minimum atomic E-state index is 1.21. The second-order valence-corrected chi connectivity index (χ2v) is 15.3. The highest BCUT2D eigenvalue weighted by Gasteiger charge is 2.18. The molecule has 0 N–H and O–H groups in total. The second-order valence-electron chi connectivity index (χ2n) is 15.3. The molecule has 0 aliphatic heterocycles. The predicted octanol–water partition coefficient (Wildman–Crippen LogP) is 16.3. The van der Waals surface area contributed by atoms with E-state index in [1.165, 1.54) is 110 Å². The lowest BCUT2D eigenvalue weighted by molar-refractivity contribution is 1.58. The zero-order valence-corrected chi connectivity index (χ0v) is 31.9. The SMILES string of the molecule is c1ccc(-c2cc(-c3ccccc3)cc(-c3c4ccccc4c(-c4ccc5ccc(-c6cccc(-c7cccc8ccccc78)c6)cc5c4)c4ccccc34)c2)cc1. The normalized spacial score (nSPS) is 11.4. The molecular weight excluding hydrogens is 697 g/mol. The van der Waals surface area contributed by atoms with E-state index in [2.05, 4.69) is 231 Å². The largest absolute Gasteiger partial charge is 0.0622 e. The molecule has 0 radical (unpaired) electrons. The van der Waals surface area contributed by atoms with E-state index < -0.39 is 0 Å². The average Bonchev–Trinajstić information content (AvgIpc) is 3.30. The van der Waals surface area contributed by atoms with Crippen molar-refractivity contribution in [2.45, 2.75) is 0 Å². The van der Waals surface area contributed by atoms with Gasteiger partial charge in [0.05, 0.1) is 0 Å². The highest BCUT2D eigenvalue weighted by atomic mass is 14.2. The third-order valence-corrected chi connectivity index (χ3v) is 11.8. The summed E-state index contributed by atoms with van der Waals surface area (Å²) in [6.07, 6.45) is 0. The third-order valence-electron chi connectivity index (χ3n) is 11.8. The zero-order valence-electron chi connectivity index (χ0n) is 31.9. The molecule has 11 aromatic carbocycles. The zero-order chi connectivity index (χ0) is 38.4. The molecule has 0 aliphatic carbocycles. The first-order valence-electron chi connectivity index (χ1n) is 20.1. The van der Waals surface area contributed by atoms with Crippen LogP contribution in [0.4, 0.5) is 0 Å². The Labute approximate surface area is 339 Å². The van der Waals surface area contributed by atoms with Crippen molar-refractivity contribution in [2.24, 2.45) is 0 Å². The van der Waals surface area contributed by atoms with Crippen molar-refractivity contribution in [1.29, 1.82) is 0 Å². The smallest absolute Gasteiger partial charge is 0.00259 e. The highest BCUT2D eigenvalue weighted by Crippen LogP contribution is 2.46. The van der Waals surface area contributed by atoms with Crippen LogP contribution in [-0.2, 0) is 0 Å². The topological polar surface area (TPSA) is 0 Å². The molecule has 0 spiro atoms. The lowest BCUT2D eigenvalue weighted by atomic mass is 9.84. The van der Waals surface area contributed by atoms with Crippen molar-refractivity contribution < 1.29 is 0 Å². The van der Waals surface area contributed by atoms with Crippen molar-refractivity contribution in [3.05, 3.63) is 231 Å². The Hall–Kier alpha value is -7.54. The van der Waals surface area contributed by atoms with E-state index in [-0.39, 0.29) is 0 Å². The van der Waals surface area contributed by atoms with Crippen molar-refractivity contribution >= 4 is 43.1 Å². The third kappa shape index (κ3) is 5.95. The summed E-state index contributed by atoms with van der Waals surface area (Å²) in [6.45, 7) is 0. The summed E-state index contributed by atoms with van der Waals surface area (Å²) in [7, 11) is 0. The van der Waals surface area contributed by atoms with Crippen molar-refractivity contribution in [3.8, 4) is 66.8 Å². The number of hydrogen-bond acceptors (Lipinski definition) is 0. The van der Waals surface area contributed by atoms with Crippen LogP contribution in [0.2, 0.25) is 0 Å². The van der Waals surface area contributed by atoms with Gasteiger partial charge in [-0.05, 0) is 146 Å². The molecule has 0 amide bonds. The first-order chi connectivity index (χ1) is 28.7. The first kappa shape index (κ1) is 33.8. The van der Waals surface area contributed by atoms with Gasteiger partial charge in [0, 0.05) is 0 Å². The van der Waals surface area contributed by atoms with Crippen LogP contribution in [0.15, 0.2) is 231 Å². The first-order valence-corrected chi connectivity index (χ1v) is 20.1. The standard InChI is InChI=1S/C58H38/c1-3-15-39(16-4-1)48-36-49(40-17-5-2-6-18-40)38-50(37-48)58-55-26-11-9-24-53(55)57(54-25-10-12-27-56(54)58)46-32-30-41-29-31-44(34-47(41)35-46)43-21-13-22-45(33-43)52-28-14-20-42-19-7-8-23-51(42)52/h1-38H. The number of benzene rings is 11. The Morgan fingerprint density at radius 2 is 0.586 bits per heavy atom. The Bertz CT molecular complexity index is 3200. The molecule has 0 nitrogen and oxygen atoms in total. The van der Waals surface area contributed by atoms with Crippen molar-refractivity contribution in [3.63, 3.8) is 0 Å². The molecular formula is C58H38. The van der Waals surface area contributed by atoms with Gasteiger partial charge in [0.25, 0.3) is 0 Å². The molecule has 0 aromatic heterocycles. The van der Waals surface area contributed by atoms with Gasteiger partial charge in [-0.3, -0.25) is 0 Å². The summed E-state index contributed by atoms with van der Waals surface area (Å²) >= 11 is 0. The van der Waals surface area contributed by atoms with Crippen LogP contribution < -0.4 is 0 Å². The Balaban J connectivity index is 1.08. The van der Waals surface area contributed by atoms with Gasteiger partial charge in [0.1, 0.15) is 0 Å². The van der Waals surface area contributed by atoms with Crippen LogP contribution in [0.3, 0.4) is 0 Å². The van der Waals surface area contributed by atoms with Gasteiger partial charge in [0.2, 0.25) is 0 Å². The molecule has 270 valence electrons. The molecule has 0 heteroatoms. The molecule has 0 unspecified atom stereocenters. The molecule has 0 aliphatic rings. The van der Waals surface area contributed by atoms with Crippen molar-refractivity contribution in [2.75, 3.05) is 0 Å². The van der Waals surface area contributed by atoms with E-state index >= 15 is 0 Å². The molecule has 0 saturated heterocycles. The summed E-state index contributed by atoms with van der Waals surface area (Å²) in [5.41, 5.74) is 14.7. The van der Waals surface area contributed by atoms with E-state index in [1.807, 2.05) is 0 Å². The second kappa shape index (κ2) is 14.2. The van der Waals surface area contributed by atoms with Crippen LogP contribution in [0.5, 0.6) is 0 Å². The minimum Gasteiger partial charge on any atom is -0.0622 e. The van der Waals surface area contributed by atoms with E-state index in [1.54, 1.807) is 0 Å². The minimum absolute atomic E-state index is 1.21. The van der Waals surface area contributed by atoms with Crippen LogP contribution in [0.25, 0.3) is 110 Å². The maximum absolute atomic E-state index is 2.39. The summed E-state index contributed by atoms with van der Waals surface area (Å²) in [6, 6.07) is 84.6. The molecule has 0 saturated carbocycles. The molecule has 0 atom stereocenters. The van der Waals surface area contributed by atoms with E-state index in [4.69, 9.17) is 0 Å². The molecule has 0 fully saturated rings. The summed E-state index contributed by atoms with van der Waals surface area (Å²) in [5, 5.41) is 9.99. The van der Waals surface area contributed by atoms with Gasteiger partial charge in [-0.25, -0.2) is 0 Å². The van der Waals surface area contributed by atoms with Gasteiger partial charge >= 0.3 is 0 Å². The monoisotopic (exact) mass is 734 g/mol. The van der Waals surface area contributed by atoms with E-state index in [9.17, 15) is 0 Å². The molecule has 11 aromatic rings. The fourth-order valence-corrected chi connectivity index (χ4v) is 9.04. The van der Waals surface area contributed by atoms with Crippen LogP contribution in [0, 0.1) is 0 Å². The van der Waals surface area contributed by atoms with Crippen LogP contribution in [-0.4, -0.2) is 0 Å². The molecule has 58 heavy (non-hydrogen) atoms. The molecule has 11 rings (SSSR count). The van der Waals surface area contributed by atoms with Crippen molar-refractivity contribution in [1.82, 2.24) is 0 Å². The molecule has 0 heterocycles. The number of rotatable bonds is 6. The Morgan fingerprint density at radius 3 is 1.22 bits per heavy atom. The quantitative estimate of drug-likeness (QED) is 0.149. The maximum atomic E-state index is 2.39. The van der Waals surface area contributed by atoms with Gasteiger partial charge in [-0.2, -0.15) is 0 Å². The summed E-state index contributed by atoms with van der Waals surface area (Å²) in [5.74, 6) is 0. The van der Waals surface area contributed by atoms with Gasteiger partial charge in [0.15, 0.2) is 0 Å².